The van der Waals surface area contributed by atoms with Gasteiger partial charge in [0, 0.05) is 18.0 Å². The molecule has 2 aromatic rings. The quantitative estimate of drug-likeness (QED) is 0.368. The molecule has 4 nitrogen and oxygen atoms in total. The molecule has 0 aliphatic rings. The summed E-state index contributed by atoms with van der Waals surface area (Å²) >= 11 is 0. The highest BCUT2D eigenvalue weighted by molar-refractivity contribution is 5.89. The molecule has 0 saturated heterocycles. The summed E-state index contributed by atoms with van der Waals surface area (Å²) in [6, 6.07) is 7.30. The number of benzene rings is 1. The van der Waals surface area contributed by atoms with Gasteiger partial charge in [-0.15, -0.1) is 0 Å². The van der Waals surface area contributed by atoms with Gasteiger partial charge in [-0.05, 0) is 36.5 Å². The van der Waals surface area contributed by atoms with E-state index < -0.39 is 0 Å². The van der Waals surface area contributed by atoms with Crippen LogP contribution in [0.4, 0.5) is 0 Å². The zero-order valence-corrected chi connectivity index (χ0v) is 16.9. The van der Waals surface area contributed by atoms with Gasteiger partial charge in [0.25, 0.3) is 0 Å². The average Bonchev–Trinajstić information content (AvgIpc) is 2.72. The average molecular weight is 369 g/mol. The molecule has 0 aliphatic carbocycles. The zero-order chi connectivity index (χ0) is 19.5. The van der Waals surface area contributed by atoms with Crippen molar-refractivity contribution in [2.24, 2.45) is 5.92 Å². The number of ether oxygens (including phenoxy) is 1. The van der Waals surface area contributed by atoms with Crippen molar-refractivity contribution in [2.45, 2.75) is 65.7 Å². The molecule has 0 radical (unpaired) electrons. The molecular weight excluding hydrogens is 336 g/mol. The summed E-state index contributed by atoms with van der Waals surface area (Å²) in [5.74, 6) is 0.789. The van der Waals surface area contributed by atoms with Gasteiger partial charge in [0.1, 0.15) is 0 Å². The van der Waals surface area contributed by atoms with E-state index in [1.807, 2.05) is 24.5 Å². The number of hydrogen-bond donors (Lipinski definition) is 0. The molecule has 0 saturated carbocycles. The maximum atomic E-state index is 12.1. The number of carbonyl (C=O) groups excluding carboxylic acids is 1. The summed E-state index contributed by atoms with van der Waals surface area (Å²) < 4.78 is 5.33. The van der Waals surface area contributed by atoms with Gasteiger partial charge >= 0.3 is 5.97 Å². The molecule has 0 bridgehead atoms. The van der Waals surface area contributed by atoms with E-state index >= 15 is 0 Å². The maximum absolute atomic E-state index is 12.1. The van der Waals surface area contributed by atoms with Crippen molar-refractivity contribution in [2.75, 3.05) is 6.61 Å². The van der Waals surface area contributed by atoms with Crippen molar-refractivity contribution in [1.82, 2.24) is 9.97 Å². The van der Waals surface area contributed by atoms with Gasteiger partial charge in [-0.3, -0.25) is 0 Å². The van der Waals surface area contributed by atoms with E-state index in [1.54, 1.807) is 12.1 Å². The van der Waals surface area contributed by atoms with Gasteiger partial charge in [0.15, 0.2) is 5.82 Å². The topological polar surface area (TPSA) is 52.1 Å². The van der Waals surface area contributed by atoms with Crippen LogP contribution in [-0.4, -0.2) is 22.5 Å². The first kappa shape index (κ1) is 21.1. The Balaban J connectivity index is 1.88. The Morgan fingerprint density at radius 1 is 1.00 bits per heavy atom. The zero-order valence-electron chi connectivity index (χ0n) is 16.9. The molecule has 1 aromatic heterocycles. The van der Waals surface area contributed by atoms with Crippen molar-refractivity contribution in [1.29, 1.82) is 0 Å². The lowest BCUT2D eigenvalue weighted by Gasteiger charge is -2.09. The van der Waals surface area contributed by atoms with Gasteiger partial charge in [-0.1, -0.05) is 65.0 Å². The van der Waals surface area contributed by atoms with Crippen LogP contribution < -0.4 is 0 Å². The van der Waals surface area contributed by atoms with E-state index in [0.717, 1.165) is 18.4 Å². The molecule has 2 rings (SSSR count). The Morgan fingerprint density at radius 2 is 1.67 bits per heavy atom. The van der Waals surface area contributed by atoms with Crippen LogP contribution in [0.3, 0.4) is 0 Å². The van der Waals surface area contributed by atoms with Gasteiger partial charge in [0.2, 0.25) is 0 Å². The molecule has 1 heterocycles. The highest BCUT2D eigenvalue weighted by Gasteiger charge is 2.10. The standard InChI is InChI=1S/C23H32N2O2/c1-4-6-7-8-9-10-19-15-24-22(25-16-19)20-11-13-21(14-12-20)23(26)27-17-18(3)5-2/h11-16,18H,4-10,17H2,1-3H3. The fourth-order valence-corrected chi connectivity index (χ4v) is 2.74. The summed E-state index contributed by atoms with van der Waals surface area (Å²) in [5, 5.41) is 0. The van der Waals surface area contributed by atoms with E-state index in [-0.39, 0.29) is 5.97 Å². The molecular formula is C23H32N2O2. The number of unbranched alkanes of at least 4 members (excludes halogenated alkanes) is 4. The first-order valence-corrected chi connectivity index (χ1v) is 10.2. The minimum Gasteiger partial charge on any atom is -0.462 e. The number of esters is 1. The normalized spacial score (nSPS) is 12.0. The van der Waals surface area contributed by atoms with Crippen LogP contribution in [0, 0.1) is 5.92 Å². The highest BCUT2D eigenvalue weighted by atomic mass is 16.5. The van der Waals surface area contributed by atoms with Crippen LogP contribution in [0.1, 0.15) is 75.2 Å². The number of carbonyl (C=O) groups is 1. The molecule has 1 aromatic carbocycles. The van der Waals surface area contributed by atoms with Gasteiger partial charge in [-0.25, -0.2) is 14.8 Å². The molecule has 1 unspecified atom stereocenters. The van der Waals surface area contributed by atoms with Crippen LogP contribution in [0.25, 0.3) is 11.4 Å². The number of aromatic nitrogens is 2. The summed E-state index contributed by atoms with van der Waals surface area (Å²) in [6.07, 6.45) is 12.2. The Bertz CT molecular complexity index is 681. The molecule has 0 N–H and O–H groups in total. The van der Waals surface area contributed by atoms with E-state index in [4.69, 9.17) is 4.74 Å². The number of rotatable bonds is 11. The molecule has 0 spiro atoms. The van der Waals surface area contributed by atoms with Gasteiger partial charge in [-0.2, -0.15) is 0 Å². The molecule has 0 fully saturated rings. The summed E-state index contributed by atoms with van der Waals surface area (Å²) in [5.41, 5.74) is 2.65. The Hall–Kier alpha value is -2.23. The lowest BCUT2D eigenvalue weighted by atomic mass is 10.1. The van der Waals surface area contributed by atoms with Crippen molar-refractivity contribution in [3.8, 4) is 11.4 Å². The molecule has 4 heteroatoms. The van der Waals surface area contributed by atoms with E-state index in [1.165, 1.54) is 37.7 Å². The fraction of sp³-hybridized carbons (Fsp3) is 0.522. The maximum Gasteiger partial charge on any atom is 0.338 e. The first-order valence-electron chi connectivity index (χ1n) is 10.2. The second-order valence-corrected chi connectivity index (χ2v) is 7.27. The Kier molecular flexibility index (Phi) is 8.96. The van der Waals surface area contributed by atoms with Crippen molar-refractivity contribution >= 4 is 5.97 Å². The van der Waals surface area contributed by atoms with Gasteiger partial charge in [0.05, 0.1) is 12.2 Å². The number of aryl methyl sites for hydroxylation is 1. The SMILES string of the molecule is CCCCCCCc1cnc(-c2ccc(C(=O)OCC(C)CC)cc2)nc1. The second kappa shape index (κ2) is 11.5. The van der Waals surface area contributed by atoms with Crippen LogP contribution in [0.15, 0.2) is 36.7 Å². The third-order valence-electron chi connectivity index (χ3n) is 4.85. The minimum absolute atomic E-state index is 0.277. The highest BCUT2D eigenvalue weighted by Crippen LogP contribution is 2.17. The lowest BCUT2D eigenvalue weighted by Crippen LogP contribution is -2.11. The van der Waals surface area contributed by atoms with Crippen LogP contribution in [-0.2, 0) is 11.2 Å². The first-order chi connectivity index (χ1) is 13.1. The summed E-state index contributed by atoms with van der Waals surface area (Å²) in [7, 11) is 0. The van der Waals surface area contributed by atoms with Crippen LogP contribution >= 0.6 is 0 Å². The van der Waals surface area contributed by atoms with Gasteiger partial charge < -0.3 is 4.74 Å². The minimum atomic E-state index is -0.277. The van der Waals surface area contributed by atoms with Crippen molar-refractivity contribution in [3.63, 3.8) is 0 Å². The Labute approximate surface area is 163 Å². The third kappa shape index (κ3) is 7.12. The van der Waals surface area contributed by atoms with Crippen LogP contribution in [0.2, 0.25) is 0 Å². The fourth-order valence-electron chi connectivity index (χ4n) is 2.74. The predicted molar refractivity (Wildman–Crippen MR) is 110 cm³/mol. The molecule has 0 amide bonds. The lowest BCUT2D eigenvalue weighted by molar-refractivity contribution is 0.0447. The predicted octanol–water partition coefficient (Wildman–Crippen LogP) is 5.86. The smallest absolute Gasteiger partial charge is 0.338 e. The van der Waals surface area contributed by atoms with Crippen molar-refractivity contribution < 1.29 is 9.53 Å². The Morgan fingerprint density at radius 3 is 2.30 bits per heavy atom. The molecule has 27 heavy (non-hydrogen) atoms. The summed E-state index contributed by atoms with van der Waals surface area (Å²) in [4.78, 5) is 21.0. The number of nitrogens with zero attached hydrogens (tertiary/aromatic N) is 2. The van der Waals surface area contributed by atoms with Crippen LogP contribution in [0.5, 0.6) is 0 Å². The summed E-state index contributed by atoms with van der Waals surface area (Å²) in [6.45, 7) is 6.85. The van der Waals surface area contributed by atoms with Crippen molar-refractivity contribution in [3.05, 3.63) is 47.8 Å². The third-order valence-corrected chi connectivity index (χ3v) is 4.85. The second-order valence-electron chi connectivity index (χ2n) is 7.27. The largest absolute Gasteiger partial charge is 0.462 e. The van der Waals surface area contributed by atoms with E-state index in [0.29, 0.717) is 23.9 Å². The molecule has 146 valence electrons. The van der Waals surface area contributed by atoms with E-state index in [9.17, 15) is 4.79 Å². The molecule has 0 aliphatic heterocycles. The van der Waals surface area contributed by atoms with E-state index in [2.05, 4.69) is 30.7 Å². The number of hydrogen-bond acceptors (Lipinski definition) is 4. The monoisotopic (exact) mass is 368 g/mol. The molecule has 1 atom stereocenters.